The number of esters is 1. The monoisotopic (exact) mass is 385 g/mol. The Morgan fingerprint density at radius 2 is 1.44 bits per heavy atom. The first kappa shape index (κ1) is 25.7. The molecule has 0 fully saturated rings. The summed E-state index contributed by atoms with van der Waals surface area (Å²) >= 11 is 0. The number of hydrogen-bond donors (Lipinski definition) is 0. The molecule has 5 heteroatoms. The lowest BCUT2D eigenvalue weighted by Crippen LogP contribution is -2.42. The minimum atomic E-state index is -0.627. The topological polar surface area (TPSA) is 55.8 Å². The van der Waals surface area contributed by atoms with Gasteiger partial charge in [-0.05, 0) is 25.7 Å². The molecule has 0 aromatic rings. The largest absolute Gasteiger partial charge is 0.464 e. The van der Waals surface area contributed by atoms with Gasteiger partial charge in [-0.2, -0.15) is 0 Å². The van der Waals surface area contributed by atoms with Crippen molar-refractivity contribution in [2.24, 2.45) is 5.92 Å². The van der Waals surface area contributed by atoms with Gasteiger partial charge in [-0.25, -0.2) is 9.59 Å². The molecule has 27 heavy (non-hydrogen) atoms. The molecule has 0 rings (SSSR count). The molecule has 5 nitrogen and oxygen atoms in total. The third kappa shape index (κ3) is 12.7. The van der Waals surface area contributed by atoms with Crippen LogP contribution in [0.2, 0.25) is 0 Å². The van der Waals surface area contributed by atoms with Crippen LogP contribution in [0, 0.1) is 5.92 Å². The fourth-order valence-corrected chi connectivity index (χ4v) is 2.86. The fourth-order valence-electron chi connectivity index (χ4n) is 2.86. The molecule has 2 atom stereocenters. The Balaban J connectivity index is 3.99. The summed E-state index contributed by atoms with van der Waals surface area (Å²) in [5.74, 6) is 0.0281. The van der Waals surface area contributed by atoms with Crippen LogP contribution in [0.1, 0.15) is 98.3 Å². The summed E-state index contributed by atoms with van der Waals surface area (Å²) in [6.45, 7) is 9.01. The molecular formula is C22H43NO4. The third-order valence-electron chi connectivity index (χ3n) is 5.19. The van der Waals surface area contributed by atoms with Crippen molar-refractivity contribution in [3.63, 3.8) is 0 Å². The summed E-state index contributed by atoms with van der Waals surface area (Å²) in [4.78, 5) is 25.6. The Labute approximate surface area is 167 Å². The normalized spacial score (nSPS) is 13.1. The Morgan fingerprint density at radius 1 is 0.852 bits per heavy atom. The van der Waals surface area contributed by atoms with E-state index < -0.39 is 12.1 Å². The van der Waals surface area contributed by atoms with Crippen LogP contribution in [0.15, 0.2) is 0 Å². The highest BCUT2D eigenvalue weighted by Crippen LogP contribution is 2.14. The summed E-state index contributed by atoms with van der Waals surface area (Å²) in [7, 11) is 1.59. The van der Waals surface area contributed by atoms with Crippen molar-refractivity contribution in [2.75, 3.05) is 20.3 Å². The molecule has 0 aliphatic heterocycles. The van der Waals surface area contributed by atoms with Crippen LogP contribution in [-0.4, -0.2) is 43.3 Å². The van der Waals surface area contributed by atoms with Crippen molar-refractivity contribution in [2.45, 2.75) is 104 Å². The molecule has 0 radical (unpaired) electrons. The van der Waals surface area contributed by atoms with Gasteiger partial charge in [-0.15, -0.1) is 0 Å². The maximum absolute atomic E-state index is 12.2. The lowest BCUT2D eigenvalue weighted by molar-refractivity contribution is -0.148. The summed E-state index contributed by atoms with van der Waals surface area (Å²) in [6.07, 6.45) is 12.2. The molecule has 0 aliphatic rings. The molecule has 1 amide bonds. The minimum Gasteiger partial charge on any atom is -0.464 e. The van der Waals surface area contributed by atoms with Gasteiger partial charge in [0.05, 0.1) is 13.2 Å². The van der Waals surface area contributed by atoms with Crippen LogP contribution in [0.25, 0.3) is 0 Å². The second-order valence-corrected chi connectivity index (χ2v) is 7.57. The highest BCUT2D eigenvalue weighted by atomic mass is 16.6. The molecule has 0 aliphatic carbocycles. The average molecular weight is 386 g/mol. The minimum absolute atomic E-state index is 0.363. The average Bonchev–Trinajstić information content (AvgIpc) is 2.68. The van der Waals surface area contributed by atoms with E-state index in [1.165, 1.54) is 37.0 Å². The van der Waals surface area contributed by atoms with Crippen LogP contribution in [0.3, 0.4) is 0 Å². The maximum Gasteiger partial charge on any atom is 0.410 e. The summed E-state index contributed by atoms with van der Waals surface area (Å²) in [6, 6.07) is -0.627. The van der Waals surface area contributed by atoms with Gasteiger partial charge in [-0.1, -0.05) is 78.6 Å². The van der Waals surface area contributed by atoms with Crippen LogP contribution in [0.5, 0.6) is 0 Å². The predicted molar refractivity (Wildman–Crippen MR) is 111 cm³/mol. The van der Waals surface area contributed by atoms with Gasteiger partial charge in [0.25, 0.3) is 0 Å². The highest BCUT2D eigenvalue weighted by molar-refractivity contribution is 5.80. The van der Waals surface area contributed by atoms with E-state index in [-0.39, 0.29) is 5.97 Å². The van der Waals surface area contributed by atoms with Crippen LogP contribution in [0.4, 0.5) is 4.79 Å². The summed E-state index contributed by atoms with van der Waals surface area (Å²) < 4.78 is 10.7. The van der Waals surface area contributed by atoms with Gasteiger partial charge in [0.1, 0.15) is 6.04 Å². The van der Waals surface area contributed by atoms with Crippen molar-refractivity contribution in [3.8, 4) is 0 Å². The van der Waals surface area contributed by atoms with Crippen LogP contribution < -0.4 is 0 Å². The van der Waals surface area contributed by atoms with E-state index in [0.29, 0.717) is 19.1 Å². The molecular weight excluding hydrogens is 342 g/mol. The van der Waals surface area contributed by atoms with Crippen LogP contribution >= 0.6 is 0 Å². The van der Waals surface area contributed by atoms with E-state index in [1.54, 1.807) is 14.0 Å². The van der Waals surface area contributed by atoms with E-state index in [1.807, 2.05) is 0 Å². The van der Waals surface area contributed by atoms with Gasteiger partial charge in [0.2, 0.25) is 0 Å². The van der Waals surface area contributed by atoms with Gasteiger partial charge in [0.15, 0.2) is 0 Å². The van der Waals surface area contributed by atoms with Crippen molar-refractivity contribution in [1.29, 1.82) is 0 Å². The number of carbonyl (C=O) groups is 2. The zero-order chi connectivity index (χ0) is 20.5. The quantitative estimate of drug-likeness (QED) is 0.243. The molecule has 0 saturated heterocycles. The Hall–Kier alpha value is -1.26. The Kier molecular flexibility index (Phi) is 16.1. The molecule has 0 spiro atoms. The van der Waals surface area contributed by atoms with E-state index in [9.17, 15) is 9.59 Å². The van der Waals surface area contributed by atoms with Gasteiger partial charge in [-0.3, -0.25) is 4.90 Å². The molecule has 0 heterocycles. The first-order chi connectivity index (χ1) is 13.0. The predicted octanol–water partition coefficient (Wildman–Crippen LogP) is 5.95. The lowest BCUT2D eigenvalue weighted by Gasteiger charge is -2.24. The Morgan fingerprint density at radius 3 is 2.04 bits per heavy atom. The molecule has 160 valence electrons. The SMILES string of the molecule is CCCCCCCCCOC(=O)C(C)N(C)C(=O)OCC(CC)CCCC. The van der Waals surface area contributed by atoms with E-state index >= 15 is 0 Å². The molecule has 0 aromatic carbocycles. The van der Waals surface area contributed by atoms with Gasteiger partial charge in [0, 0.05) is 7.05 Å². The molecule has 0 aromatic heterocycles. The van der Waals surface area contributed by atoms with Gasteiger partial charge < -0.3 is 9.47 Å². The summed E-state index contributed by atoms with van der Waals surface area (Å²) in [5, 5.41) is 0. The van der Waals surface area contributed by atoms with Gasteiger partial charge >= 0.3 is 12.1 Å². The first-order valence-electron chi connectivity index (χ1n) is 11.0. The number of amides is 1. The zero-order valence-electron chi connectivity index (χ0n) is 18.4. The Bertz CT molecular complexity index is 387. The van der Waals surface area contributed by atoms with E-state index in [4.69, 9.17) is 9.47 Å². The number of hydrogen-bond acceptors (Lipinski definition) is 4. The van der Waals surface area contributed by atoms with Crippen molar-refractivity contribution < 1.29 is 19.1 Å². The number of nitrogens with zero attached hydrogens (tertiary/aromatic N) is 1. The molecule has 0 N–H and O–H groups in total. The number of rotatable bonds is 16. The first-order valence-corrected chi connectivity index (χ1v) is 11.0. The van der Waals surface area contributed by atoms with Crippen molar-refractivity contribution in [1.82, 2.24) is 4.90 Å². The standard InChI is InChI=1S/C22H43NO4/c1-6-9-11-12-13-14-15-17-26-21(24)19(4)23(5)22(25)27-18-20(8-3)16-10-7-2/h19-20H,6-18H2,1-5H3. The smallest absolute Gasteiger partial charge is 0.410 e. The van der Waals surface area contributed by atoms with Crippen molar-refractivity contribution >= 4 is 12.1 Å². The number of ether oxygens (including phenoxy) is 2. The summed E-state index contributed by atoms with van der Waals surface area (Å²) in [5.41, 5.74) is 0. The third-order valence-corrected chi connectivity index (χ3v) is 5.19. The second-order valence-electron chi connectivity index (χ2n) is 7.57. The maximum atomic E-state index is 12.2. The number of likely N-dealkylation sites (N-methyl/N-ethyl adjacent to an activating group) is 1. The molecule has 2 unspecified atom stereocenters. The second kappa shape index (κ2) is 16.9. The molecule has 0 saturated carbocycles. The highest BCUT2D eigenvalue weighted by Gasteiger charge is 2.25. The van der Waals surface area contributed by atoms with E-state index in [2.05, 4.69) is 20.8 Å². The number of unbranched alkanes of at least 4 members (excludes halogenated alkanes) is 7. The zero-order valence-corrected chi connectivity index (χ0v) is 18.4. The van der Waals surface area contributed by atoms with E-state index in [0.717, 1.165) is 38.5 Å². The molecule has 0 bridgehead atoms. The lowest BCUT2D eigenvalue weighted by atomic mass is 10.0. The fraction of sp³-hybridized carbons (Fsp3) is 0.909. The van der Waals surface area contributed by atoms with Crippen molar-refractivity contribution in [3.05, 3.63) is 0 Å². The number of carbonyl (C=O) groups excluding carboxylic acids is 2. The van der Waals surface area contributed by atoms with Crippen LogP contribution in [-0.2, 0) is 14.3 Å².